The van der Waals surface area contributed by atoms with E-state index in [1.165, 1.54) is 25.2 Å². The Bertz CT molecular complexity index is 786. The van der Waals surface area contributed by atoms with Crippen molar-refractivity contribution in [1.82, 2.24) is 4.90 Å². The lowest BCUT2D eigenvalue weighted by Crippen LogP contribution is -2.36. The molecule has 0 aliphatic carbocycles. The van der Waals surface area contributed by atoms with Crippen molar-refractivity contribution in [3.05, 3.63) is 59.2 Å². The average Bonchev–Trinajstić information content (AvgIpc) is 2.60. The molecule has 3 rings (SSSR count). The number of carbonyl (C=O) groups is 2. The van der Waals surface area contributed by atoms with E-state index in [9.17, 15) is 9.59 Å². The quantitative estimate of drug-likeness (QED) is 0.944. The van der Waals surface area contributed by atoms with Gasteiger partial charge in [0.1, 0.15) is 5.75 Å². The molecule has 1 N–H and O–H groups in total. The first-order chi connectivity index (χ1) is 11.6. The van der Waals surface area contributed by atoms with Gasteiger partial charge in [-0.05, 0) is 35.7 Å². The zero-order valence-corrected chi connectivity index (χ0v) is 13.8. The molecule has 0 saturated carbocycles. The van der Waals surface area contributed by atoms with Gasteiger partial charge in [-0.3, -0.25) is 9.59 Å². The summed E-state index contributed by atoms with van der Waals surface area (Å²) in [5.74, 6) is 0.243. The summed E-state index contributed by atoms with van der Waals surface area (Å²) < 4.78 is 5.33. The molecular formula is C19H20N2O3. The van der Waals surface area contributed by atoms with Crippen LogP contribution in [0.4, 0.5) is 5.69 Å². The van der Waals surface area contributed by atoms with E-state index < -0.39 is 0 Å². The molecular weight excluding hydrogens is 304 g/mol. The monoisotopic (exact) mass is 324 g/mol. The van der Waals surface area contributed by atoms with Crippen LogP contribution in [-0.4, -0.2) is 30.4 Å². The zero-order valence-electron chi connectivity index (χ0n) is 13.8. The standard InChI is InChI=1S/C19H20N2O3/c1-13(22)20-16-7-8-18(24-2)17(11-16)19(23)21-10-9-14-5-3-4-6-15(14)12-21/h3-8,11H,9-10,12H2,1-2H3,(H,20,22). The van der Waals surface area contributed by atoms with E-state index in [0.29, 0.717) is 30.1 Å². The Morgan fingerprint density at radius 3 is 2.58 bits per heavy atom. The van der Waals surface area contributed by atoms with Gasteiger partial charge >= 0.3 is 0 Å². The van der Waals surface area contributed by atoms with Crippen LogP contribution in [0.5, 0.6) is 5.75 Å². The van der Waals surface area contributed by atoms with E-state index >= 15 is 0 Å². The van der Waals surface area contributed by atoms with Crippen LogP contribution in [0.3, 0.4) is 0 Å². The lowest BCUT2D eigenvalue weighted by molar-refractivity contribution is -0.114. The van der Waals surface area contributed by atoms with Crippen LogP contribution in [0.2, 0.25) is 0 Å². The third-order valence-electron chi connectivity index (χ3n) is 4.17. The van der Waals surface area contributed by atoms with Crippen molar-refractivity contribution >= 4 is 17.5 Å². The Morgan fingerprint density at radius 2 is 1.88 bits per heavy atom. The summed E-state index contributed by atoms with van der Waals surface area (Å²) >= 11 is 0. The van der Waals surface area contributed by atoms with Crippen molar-refractivity contribution in [3.63, 3.8) is 0 Å². The molecule has 1 heterocycles. The van der Waals surface area contributed by atoms with Crippen LogP contribution >= 0.6 is 0 Å². The van der Waals surface area contributed by atoms with Crippen LogP contribution in [0.1, 0.15) is 28.4 Å². The predicted molar refractivity (Wildman–Crippen MR) is 92.2 cm³/mol. The van der Waals surface area contributed by atoms with Gasteiger partial charge in [-0.15, -0.1) is 0 Å². The van der Waals surface area contributed by atoms with E-state index in [-0.39, 0.29) is 11.8 Å². The van der Waals surface area contributed by atoms with Gasteiger partial charge in [0.05, 0.1) is 12.7 Å². The van der Waals surface area contributed by atoms with Gasteiger partial charge in [-0.1, -0.05) is 24.3 Å². The number of hydrogen-bond donors (Lipinski definition) is 1. The Labute approximate surface area is 141 Å². The van der Waals surface area contributed by atoms with Gasteiger partial charge in [0.2, 0.25) is 5.91 Å². The van der Waals surface area contributed by atoms with Crippen molar-refractivity contribution < 1.29 is 14.3 Å². The number of methoxy groups -OCH3 is 1. The highest BCUT2D eigenvalue weighted by Crippen LogP contribution is 2.27. The third kappa shape index (κ3) is 3.25. The second-order valence-electron chi connectivity index (χ2n) is 5.84. The van der Waals surface area contributed by atoms with Crippen molar-refractivity contribution in [2.45, 2.75) is 19.9 Å². The first-order valence-electron chi connectivity index (χ1n) is 7.90. The number of benzene rings is 2. The average molecular weight is 324 g/mol. The topological polar surface area (TPSA) is 58.6 Å². The normalized spacial score (nSPS) is 13.2. The number of nitrogens with one attached hydrogen (secondary N) is 1. The van der Waals surface area contributed by atoms with Gasteiger partial charge in [-0.25, -0.2) is 0 Å². The molecule has 5 heteroatoms. The van der Waals surface area contributed by atoms with E-state index in [0.717, 1.165) is 6.42 Å². The molecule has 1 aliphatic heterocycles. The molecule has 0 aromatic heterocycles. The summed E-state index contributed by atoms with van der Waals surface area (Å²) in [6.07, 6.45) is 0.843. The van der Waals surface area contributed by atoms with Crippen LogP contribution in [-0.2, 0) is 17.8 Å². The lowest BCUT2D eigenvalue weighted by Gasteiger charge is -2.29. The molecule has 1 aliphatic rings. The fraction of sp³-hybridized carbons (Fsp3) is 0.263. The highest BCUT2D eigenvalue weighted by molar-refractivity contribution is 5.99. The minimum atomic E-state index is -0.175. The molecule has 24 heavy (non-hydrogen) atoms. The molecule has 0 bridgehead atoms. The van der Waals surface area contributed by atoms with Crippen molar-refractivity contribution in [2.75, 3.05) is 19.0 Å². The van der Waals surface area contributed by atoms with Crippen LogP contribution in [0.25, 0.3) is 0 Å². The second kappa shape index (κ2) is 6.74. The number of amides is 2. The number of nitrogens with zero attached hydrogens (tertiary/aromatic N) is 1. The van der Waals surface area contributed by atoms with Crippen molar-refractivity contribution in [3.8, 4) is 5.75 Å². The maximum absolute atomic E-state index is 13.0. The summed E-state index contributed by atoms with van der Waals surface area (Å²) in [6, 6.07) is 13.3. The molecule has 0 spiro atoms. The smallest absolute Gasteiger partial charge is 0.258 e. The Morgan fingerprint density at radius 1 is 1.12 bits per heavy atom. The van der Waals surface area contributed by atoms with Gasteiger partial charge < -0.3 is 15.0 Å². The zero-order chi connectivity index (χ0) is 17.1. The molecule has 0 saturated heterocycles. The Hall–Kier alpha value is -2.82. The van der Waals surface area contributed by atoms with E-state index in [1.807, 2.05) is 17.0 Å². The van der Waals surface area contributed by atoms with Gasteiger partial charge in [0, 0.05) is 25.7 Å². The number of carbonyl (C=O) groups excluding carboxylic acids is 2. The summed E-state index contributed by atoms with van der Waals surface area (Å²) in [6.45, 7) is 2.69. The summed E-state index contributed by atoms with van der Waals surface area (Å²) in [5.41, 5.74) is 3.52. The van der Waals surface area contributed by atoms with Crippen molar-refractivity contribution in [1.29, 1.82) is 0 Å². The van der Waals surface area contributed by atoms with Crippen LogP contribution in [0, 0.1) is 0 Å². The largest absolute Gasteiger partial charge is 0.496 e. The highest BCUT2D eigenvalue weighted by Gasteiger charge is 2.24. The van der Waals surface area contributed by atoms with E-state index in [4.69, 9.17) is 4.74 Å². The number of anilines is 1. The number of ether oxygens (including phenoxy) is 1. The van der Waals surface area contributed by atoms with Gasteiger partial charge in [0.15, 0.2) is 0 Å². The number of rotatable bonds is 3. The maximum Gasteiger partial charge on any atom is 0.258 e. The number of hydrogen-bond acceptors (Lipinski definition) is 3. The molecule has 0 radical (unpaired) electrons. The molecule has 2 aromatic rings. The Kier molecular flexibility index (Phi) is 4.51. The summed E-state index contributed by atoms with van der Waals surface area (Å²) in [5, 5.41) is 2.70. The van der Waals surface area contributed by atoms with Crippen LogP contribution < -0.4 is 10.1 Å². The molecule has 124 valence electrons. The van der Waals surface area contributed by atoms with E-state index in [1.54, 1.807) is 18.2 Å². The lowest BCUT2D eigenvalue weighted by atomic mass is 9.99. The molecule has 5 nitrogen and oxygen atoms in total. The number of fused-ring (bicyclic) bond motifs is 1. The fourth-order valence-corrected chi connectivity index (χ4v) is 3.00. The van der Waals surface area contributed by atoms with Gasteiger partial charge in [0.25, 0.3) is 5.91 Å². The van der Waals surface area contributed by atoms with Crippen molar-refractivity contribution in [2.24, 2.45) is 0 Å². The predicted octanol–water partition coefficient (Wildman–Crippen LogP) is 2.85. The summed E-state index contributed by atoms with van der Waals surface area (Å²) in [4.78, 5) is 26.0. The minimum absolute atomic E-state index is 0.0893. The minimum Gasteiger partial charge on any atom is -0.496 e. The Balaban J connectivity index is 1.88. The first-order valence-corrected chi connectivity index (χ1v) is 7.90. The molecule has 2 amide bonds. The highest BCUT2D eigenvalue weighted by atomic mass is 16.5. The maximum atomic E-state index is 13.0. The molecule has 0 atom stereocenters. The second-order valence-corrected chi connectivity index (χ2v) is 5.84. The van der Waals surface area contributed by atoms with E-state index in [2.05, 4.69) is 17.4 Å². The summed E-state index contributed by atoms with van der Waals surface area (Å²) in [7, 11) is 1.54. The first kappa shape index (κ1) is 16.1. The third-order valence-corrected chi connectivity index (χ3v) is 4.17. The molecule has 2 aromatic carbocycles. The molecule has 0 fully saturated rings. The fourth-order valence-electron chi connectivity index (χ4n) is 3.00. The SMILES string of the molecule is COc1ccc(NC(C)=O)cc1C(=O)N1CCc2ccccc2C1. The van der Waals surface area contributed by atoms with Gasteiger partial charge in [-0.2, -0.15) is 0 Å². The molecule has 0 unspecified atom stereocenters. The van der Waals surface area contributed by atoms with Crippen LogP contribution in [0.15, 0.2) is 42.5 Å².